The van der Waals surface area contributed by atoms with E-state index in [1.54, 1.807) is 26.2 Å². The molecule has 2 aromatic carbocycles. The number of carbonyl (C=O) groups is 1. The van der Waals surface area contributed by atoms with Crippen LogP contribution in [-0.4, -0.2) is 17.5 Å². The Labute approximate surface area is 127 Å². The molecule has 0 bridgehead atoms. The highest BCUT2D eigenvalue weighted by Gasteiger charge is 2.13. The Kier molecular flexibility index (Phi) is 3.67. The number of carbonyl (C=O) groups excluding carboxylic acids is 1. The summed E-state index contributed by atoms with van der Waals surface area (Å²) in [5.74, 6) is 0.473. The molecule has 1 aromatic heterocycles. The predicted octanol–water partition coefficient (Wildman–Crippen LogP) is 4.04. The first kappa shape index (κ1) is 14.3. The van der Waals surface area contributed by atoms with E-state index in [9.17, 15) is 9.18 Å². The number of fused-ring (bicyclic) bond motifs is 1. The van der Waals surface area contributed by atoms with Crippen LogP contribution in [0.15, 0.2) is 48.7 Å². The van der Waals surface area contributed by atoms with Gasteiger partial charge in [-0.15, -0.1) is 0 Å². The number of nitrogens with zero attached hydrogens (tertiary/aromatic N) is 1. The summed E-state index contributed by atoms with van der Waals surface area (Å²) in [6.07, 6.45) is 1.84. The molecular formula is C18H16FNO2. The predicted molar refractivity (Wildman–Crippen MR) is 84.0 cm³/mol. The molecule has 0 saturated heterocycles. The Balaban J connectivity index is 2.09. The van der Waals surface area contributed by atoms with Crippen LogP contribution in [0.2, 0.25) is 0 Å². The van der Waals surface area contributed by atoms with Crippen LogP contribution < -0.4 is 4.74 Å². The van der Waals surface area contributed by atoms with Gasteiger partial charge in [-0.1, -0.05) is 12.1 Å². The normalized spacial score (nSPS) is 10.9. The molecule has 3 aromatic rings. The molecule has 0 atom stereocenters. The molecule has 0 radical (unpaired) electrons. The number of Topliss-reactive ketones (excluding diaryl/α,β-unsaturated/α-hetero) is 1. The second-order valence-electron chi connectivity index (χ2n) is 5.24. The summed E-state index contributed by atoms with van der Waals surface area (Å²) in [6.45, 7) is 2.13. The molecule has 0 saturated carbocycles. The molecule has 0 aliphatic rings. The Bertz CT molecular complexity index is 834. The van der Waals surface area contributed by atoms with Gasteiger partial charge in [-0.25, -0.2) is 4.39 Å². The molecule has 0 N–H and O–H groups in total. The molecule has 0 fully saturated rings. The lowest BCUT2D eigenvalue weighted by Gasteiger charge is -2.06. The topological polar surface area (TPSA) is 31.2 Å². The molecule has 4 heteroatoms. The van der Waals surface area contributed by atoms with E-state index in [0.717, 1.165) is 22.2 Å². The summed E-state index contributed by atoms with van der Waals surface area (Å²) in [6, 6.07) is 12.0. The van der Waals surface area contributed by atoms with Crippen molar-refractivity contribution in [3.8, 4) is 5.75 Å². The smallest absolute Gasteiger partial charge is 0.161 e. The third-order valence-corrected chi connectivity index (χ3v) is 3.73. The van der Waals surface area contributed by atoms with Crippen molar-refractivity contribution in [1.82, 2.24) is 4.57 Å². The van der Waals surface area contributed by atoms with Crippen LogP contribution in [0.1, 0.15) is 22.8 Å². The molecule has 0 unspecified atom stereocenters. The van der Waals surface area contributed by atoms with Crippen molar-refractivity contribution in [2.45, 2.75) is 13.5 Å². The molecule has 22 heavy (non-hydrogen) atoms. The fourth-order valence-corrected chi connectivity index (χ4v) is 2.60. The highest BCUT2D eigenvalue weighted by Crippen LogP contribution is 2.27. The van der Waals surface area contributed by atoms with Gasteiger partial charge in [0.15, 0.2) is 5.78 Å². The molecule has 1 heterocycles. The van der Waals surface area contributed by atoms with E-state index >= 15 is 0 Å². The molecule has 3 rings (SSSR count). The van der Waals surface area contributed by atoms with Crippen LogP contribution in [0.25, 0.3) is 10.9 Å². The van der Waals surface area contributed by atoms with Crippen molar-refractivity contribution in [1.29, 1.82) is 0 Å². The number of hydrogen-bond donors (Lipinski definition) is 0. The van der Waals surface area contributed by atoms with Gasteiger partial charge in [0.1, 0.15) is 11.6 Å². The number of halogens is 1. The van der Waals surface area contributed by atoms with Gasteiger partial charge in [0.05, 0.1) is 7.11 Å². The van der Waals surface area contributed by atoms with Crippen LogP contribution in [0, 0.1) is 5.82 Å². The number of ketones is 1. The zero-order chi connectivity index (χ0) is 15.7. The minimum absolute atomic E-state index is 0.0103. The Morgan fingerprint density at radius 3 is 2.55 bits per heavy atom. The van der Waals surface area contributed by atoms with E-state index < -0.39 is 0 Å². The summed E-state index contributed by atoms with van der Waals surface area (Å²) < 4.78 is 20.2. The highest BCUT2D eigenvalue weighted by atomic mass is 19.1. The van der Waals surface area contributed by atoms with Crippen molar-refractivity contribution in [2.24, 2.45) is 0 Å². The van der Waals surface area contributed by atoms with E-state index in [2.05, 4.69) is 0 Å². The van der Waals surface area contributed by atoms with Crippen LogP contribution in [0.3, 0.4) is 0 Å². The Morgan fingerprint density at radius 1 is 1.18 bits per heavy atom. The number of benzene rings is 2. The van der Waals surface area contributed by atoms with Crippen molar-refractivity contribution in [3.05, 3.63) is 65.6 Å². The highest BCUT2D eigenvalue weighted by molar-refractivity contribution is 6.07. The van der Waals surface area contributed by atoms with Gasteiger partial charge in [0.2, 0.25) is 0 Å². The quantitative estimate of drug-likeness (QED) is 0.681. The molecule has 0 aliphatic carbocycles. The second-order valence-corrected chi connectivity index (χ2v) is 5.24. The first-order valence-corrected chi connectivity index (χ1v) is 7.01. The van der Waals surface area contributed by atoms with Crippen molar-refractivity contribution < 1.29 is 13.9 Å². The van der Waals surface area contributed by atoms with Crippen LogP contribution >= 0.6 is 0 Å². The van der Waals surface area contributed by atoms with Gasteiger partial charge in [-0.05, 0) is 42.8 Å². The summed E-state index contributed by atoms with van der Waals surface area (Å²) in [5, 5.41) is 0.869. The zero-order valence-electron chi connectivity index (χ0n) is 12.5. The third kappa shape index (κ3) is 2.60. The lowest BCUT2D eigenvalue weighted by atomic mass is 10.1. The number of aromatic nitrogens is 1. The van der Waals surface area contributed by atoms with Gasteiger partial charge in [0, 0.05) is 29.2 Å². The first-order valence-electron chi connectivity index (χ1n) is 7.01. The van der Waals surface area contributed by atoms with Crippen LogP contribution in [-0.2, 0) is 6.54 Å². The first-order chi connectivity index (χ1) is 10.6. The van der Waals surface area contributed by atoms with Crippen molar-refractivity contribution in [2.75, 3.05) is 7.11 Å². The minimum Gasteiger partial charge on any atom is -0.497 e. The van der Waals surface area contributed by atoms with Crippen LogP contribution in [0.5, 0.6) is 5.75 Å². The zero-order valence-corrected chi connectivity index (χ0v) is 12.5. The summed E-state index contributed by atoms with van der Waals surface area (Å²) in [4.78, 5) is 11.9. The van der Waals surface area contributed by atoms with Gasteiger partial charge < -0.3 is 9.30 Å². The average molecular weight is 297 g/mol. The van der Waals surface area contributed by atoms with Crippen molar-refractivity contribution >= 4 is 16.7 Å². The van der Waals surface area contributed by atoms with E-state index in [-0.39, 0.29) is 11.6 Å². The van der Waals surface area contributed by atoms with Gasteiger partial charge in [-0.2, -0.15) is 0 Å². The fraction of sp³-hybridized carbons (Fsp3) is 0.167. The summed E-state index contributed by atoms with van der Waals surface area (Å²) >= 11 is 0. The molecular weight excluding hydrogens is 281 g/mol. The monoisotopic (exact) mass is 297 g/mol. The standard InChI is InChI=1S/C18H16FNO2/c1-12(21)17-11-20(10-13-3-5-14(19)6-4-13)18-8-7-15(22-2)9-16(17)18/h3-9,11H,10H2,1-2H3. The Hall–Kier alpha value is -2.62. The molecule has 0 spiro atoms. The molecule has 112 valence electrons. The molecule has 3 nitrogen and oxygen atoms in total. The minimum atomic E-state index is -0.254. The molecule has 0 amide bonds. The largest absolute Gasteiger partial charge is 0.497 e. The SMILES string of the molecule is COc1ccc2c(c1)c(C(C)=O)cn2Cc1ccc(F)cc1. The number of methoxy groups -OCH3 is 1. The average Bonchev–Trinajstić information content (AvgIpc) is 2.87. The van der Waals surface area contributed by atoms with E-state index in [0.29, 0.717) is 12.1 Å². The summed E-state index contributed by atoms with van der Waals surface area (Å²) in [5.41, 5.74) is 2.59. The third-order valence-electron chi connectivity index (χ3n) is 3.73. The van der Waals surface area contributed by atoms with E-state index in [4.69, 9.17) is 4.74 Å². The number of ether oxygens (including phenoxy) is 1. The lowest BCUT2D eigenvalue weighted by molar-refractivity contribution is 0.101. The fourth-order valence-electron chi connectivity index (χ4n) is 2.60. The van der Waals surface area contributed by atoms with E-state index in [1.807, 2.05) is 29.0 Å². The number of hydrogen-bond acceptors (Lipinski definition) is 2. The second kappa shape index (κ2) is 5.64. The van der Waals surface area contributed by atoms with Gasteiger partial charge in [-0.3, -0.25) is 4.79 Å². The van der Waals surface area contributed by atoms with Crippen molar-refractivity contribution in [3.63, 3.8) is 0 Å². The number of rotatable bonds is 4. The van der Waals surface area contributed by atoms with Gasteiger partial charge in [0.25, 0.3) is 0 Å². The van der Waals surface area contributed by atoms with Gasteiger partial charge >= 0.3 is 0 Å². The molecule has 0 aliphatic heterocycles. The van der Waals surface area contributed by atoms with E-state index in [1.165, 1.54) is 12.1 Å². The maximum Gasteiger partial charge on any atom is 0.161 e. The maximum absolute atomic E-state index is 13.0. The lowest BCUT2D eigenvalue weighted by Crippen LogP contribution is -1.98. The van der Waals surface area contributed by atoms with Crippen LogP contribution in [0.4, 0.5) is 4.39 Å². The Morgan fingerprint density at radius 2 is 1.91 bits per heavy atom. The summed E-state index contributed by atoms with van der Waals surface area (Å²) in [7, 11) is 1.60. The maximum atomic E-state index is 13.0.